The molecule has 5 heteroatoms. The number of imidazole rings is 1. The summed E-state index contributed by atoms with van der Waals surface area (Å²) < 4.78 is 2.00. The lowest BCUT2D eigenvalue weighted by atomic mass is 9.82. The molecule has 0 fully saturated rings. The molecule has 0 saturated heterocycles. The zero-order valence-electron chi connectivity index (χ0n) is 16.0. The van der Waals surface area contributed by atoms with Gasteiger partial charge in [-0.25, -0.2) is 4.98 Å². The molecule has 3 aromatic rings. The number of nitrogens with zero attached hydrogens (tertiary/aromatic N) is 3. The molecule has 2 aliphatic rings. The molecule has 0 saturated carbocycles. The third-order valence-corrected chi connectivity index (χ3v) is 6.03. The van der Waals surface area contributed by atoms with Crippen LogP contribution < -0.4 is 5.32 Å². The van der Waals surface area contributed by atoms with Crippen molar-refractivity contribution >= 4 is 17.2 Å². The predicted molar refractivity (Wildman–Crippen MR) is 106 cm³/mol. The first-order valence-electron chi connectivity index (χ1n) is 9.54. The normalized spacial score (nSPS) is 16.9. The van der Waals surface area contributed by atoms with Crippen LogP contribution in [0.25, 0.3) is 5.65 Å². The van der Waals surface area contributed by atoms with E-state index >= 15 is 0 Å². The van der Waals surface area contributed by atoms with E-state index in [1.54, 1.807) is 4.90 Å². The number of aryl methyl sites for hydroxylation is 1. The summed E-state index contributed by atoms with van der Waals surface area (Å²) in [5, 5.41) is 3.86. The second kappa shape index (κ2) is 5.59. The predicted octanol–water partition coefficient (Wildman–Crippen LogP) is 3.24. The molecule has 1 aliphatic heterocycles. The topological polar surface area (TPSA) is 49.6 Å². The van der Waals surface area contributed by atoms with Crippen LogP contribution in [0, 0.1) is 6.92 Å². The van der Waals surface area contributed by atoms with Gasteiger partial charge in [-0.3, -0.25) is 4.79 Å². The van der Waals surface area contributed by atoms with Crippen LogP contribution in [0.15, 0.2) is 36.7 Å². The van der Waals surface area contributed by atoms with Crippen LogP contribution >= 0.6 is 0 Å². The molecule has 5 rings (SSSR count). The summed E-state index contributed by atoms with van der Waals surface area (Å²) >= 11 is 0. The van der Waals surface area contributed by atoms with Crippen molar-refractivity contribution in [2.24, 2.45) is 0 Å². The minimum atomic E-state index is 0.0246. The lowest BCUT2D eigenvalue weighted by Crippen LogP contribution is -2.43. The van der Waals surface area contributed by atoms with Crippen LogP contribution in [0.3, 0.4) is 0 Å². The number of nitrogens with one attached hydrogen (secondary N) is 1. The molecule has 1 aliphatic carbocycles. The molecule has 5 nitrogen and oxygen atoms in total. The first kappa shape index (κ1) is 16.4. The van der Waals surface area contributed by atoms with Gasteiger partial charge in [0.15, 0.2) is 5.65 Å². The molecule has 1 aromatic carbocycles. The number of anilines is 1. The lowest BCUT2D eigenvalue weighted by molar-refractivity contribution is 0.0825. The minimum absolute atomic E-state index is 0.0246. The van der Waals surface area contributed by atoms with Crippen LogP contribution in [0.2, 0.25) is 0 Å². The number of carbonyl (C=O) groups excluding carboxylic acids is 1. The van der Waals surface area contributed by atoms with Crippen molar-refractivity contribution in [1.82, 2.24) is 14.3 Å². The van der Waals surface area contributed by atoms with Crippen molar-refractivity contribution < 1.29 is 4.79 Å². The zero-order chi connectivity index (χ0) is 18.8. The third kappa shape index (κ3) is 2.45. The van der Waals surface area contributed by atoms with Gasteiger partial charge in [0.25, 0.3) is 5.91 Å². The highest BCUT2D eigenvalue weighted by Gasteiger charge is 2.41. The summed E-state index contributed by atoms with van der Waals surface area (Å²) in [5.74, 6) is 0.0481. The smallest absolute Gasteiger partial charge is 0.255 e. The second-order valence-corrected chi connectivity index (χ2v) is 8.24. The van der Waals surface area contributed by atoms with Gasteiger partial charge in [-0.15, -0.1) is 0 Å². The zero-order valence-corrected chi connectivity index (χ0v) is 16.0. The monoisotopic (exact) mass is 360 g/mol. The van der Waals surface area contributed by atoms with Crippen molar-refractivity contribution in [2.75, 3.05) is 19.4 Å². The molecule has 0 bridgehead atoms. The fraction of sp³-hybridized carbons (Fsp3) is 0.364. The van der Waals surface area contributed by atoms with Crippen molar-refractivity contribution in [3.8, 4) is 0 Å². The van der Waals surface area contributed by atoms with Crippen LogP contribution in [-0.4, -0.2) is 39.8 Å². The van der Waals surface area contributed by atoms with Crippen molar-refractivity contribution in [1.29, 1.82) is 0 Å². The van der Waals surface area contributed by atoms with E-state index in [1.807, 2.05) is 37.8 Å². The van der Waals surface area contributed by atoms with E-state index in [2.05, 4.69) is 29.6 Å². The molecule has 138 valence electrons. The Morgan fingerprint density at radius 1 is 1.19 bits per heavy atom. The van der Waals surface area contributed by atoms with Gasteiger partial charge in [-0.1, -0.05) is 24.3 Å². The van der Waals surface area contributed by atoms with E-state index in [-0.39, 0.29) is 11.4 Å². The van der Waals surface area contributed by atoms with E-state index in [1.165, 1.54) is 11.1 Å². The molecule has 3 heterocycles. The third-order valence-electron chi connectivity index (χ3n) is 6.03. The molecule has 27 heavy (non-hydrogen) atoms. The van der Waals surface area contributed by atoms with Gasteiger partial charge in [-0.05, 0) is 49.3 Å². The summed E-state index contributed by atoms with van der Waals surface area (Å²) in [5.41, 5.74) is 7.70. The number of amides is 1. The van der Waals surface area contributed by atoms with Crippen LogP contribution in [0.5, 0.6) is 0 Å². The van der Waals surface area contributed by atoms with E-state index in [0.29, 0.717) is 0 Å². The highest BCUT2D eigenvalue weighted by atomic mass is 16.2. The Morgan fingerprint density at radius 2 is 1.89 bits per heavy atom. The van der Waals surface area contributed by atoms with E-state index < -0.39 is 0 Å². The summed E-state index contributed by atoms with van der Waals surface area (Å²) in [6, 6.07) is 8.72. The number of benzene rings is 1. The number of hydrogen-bond donors (Lipinski definition) is 1. The summed E-state index contributed by atoms with van der Waals surface area (Å²) in [6.07, 6.45) is 7.92. The molecule has 1 amide bonds. The van der Waals surface area contributed by atoms with Crippen molar-refractivity contribution in [3.63, 3.8) is 0 Å². The molecular weight excluding hydrogens is 336 g/mol. The Kier molecular flexibility index (Phi) is 3.39. The fourth-order valence-electron chi connectivity index (χ4n) is 4.75. The second-order valence-electron chi connectivity index (χ2n) is 8.24. The maximum Gasteiger partial charge on any atom is 0.255 e. The van der Waals surface area contributed by atoms with Gasteiger partial charge in [-0.2, -0.15) is 0 Å². The molecule has 1 spiro atoms. The van der Waals surface area contributed by atoms with Crippen LogP contribution in [0.1, 0.15) is 39.2 Å². The largest absolute Gasteiger partial charge is 0.376 e. The summed E-state index contributed by atoms with van der Waals surface area (Å²) in [7, 11) is 3.62. The molecule has 0 unspecified atom stereocenters. The van der Waals surface area contributed by atoms with E-state index in [4.69, 9.17) is 4.98 Å². The number of pyridine rings is 1. The molecule has 0 radical (unpaired) electrons. The number of carbonyl (C=O) groups is 1. The Hall–Kier alpha value is -2.82. The Balaban J connectivity index is 1.65. The van der Waals surface area contributed by atoms with Crippen LogP contribution in [0.4, 0.5) is 5.69 Å². The lowest BCUT2D eigenvalue weighted by Gasteiger charge is -2.38. The first-order chi connectivity index (χ1) is 13.0. The van der Waals surface area contributed by atoms with E-state index in [0.717, 1.165) is 53.8 Å². The maximum absolute atomic E-state index is 12.8. The Bertz CT molecular complexity index is 1050. The first-order valence-corrected chi connectivity index (χ1v) is 9.54. The average Bonchev–Trinajstić information content (AvgIpc) is 3.19. The maximum atomic E-state index is 12.8. The van der Waals surface area contributed by atoms with Crippen LogP contribution in [-0.2, 0) is 19.3 Å². The van der Waals surface area contributed by atoms with Crippen molar-refractivity contribution in [2.45, 2.75) is 38.1 Å². The SMILES string of the molecule is Cc1cn2cc(C(=O)N(C)C)c3c(c2n1)NC1(CC3)Cc2ccccc2C1. The van der Waals surface area contributed by atoms with Gasteiger partial charge in [0, 0.05) is 32.0 Å². The van der Waals surface area contributed by atoms with Gasteiger partial charge < -0.3 is 14.6 Å². The number of aromatic nitrogens is 2. The molecule has 0 atom stereocenters. The Labute approximate surface area is 159 Å². The van der Waals surface area contributed by atoms with E-state index in [9.17, 15) is 4.79 Å². The number of rotatable bonds is 1. The standard InChI is InChI=1S/C22H24N4O/c1-14-12-26-13-18(21(27)25(2)3)17-8-9-22(24-19(17)20(26)23-14)10-15-6-4-5-7-16(15)11-22/h4-7,12-13,24H,8-11H2,1-3H3. The highest BCUT2D eigenvalue weighted by molar-refractivity contribution is 5.98. The minimum Gasteiger partial charge on any atom is -0.376 e. The quantitative estimate of drug-likeness (QED) is 0.725. The van der Waals surface area contributed by atoms with Gasteiger partial charge >= 0.3 is 0 Å². The fourth-order valence-corrected chi connectivity index (χ4v) is 4.75. The Morgan fingerprint density at radius 3 is 2.56 bits per heavy atom. The average molecular weight is 360 g/mol. The number of hydrogen-bond acceptors (Lipinski definition) is 3. The van der Waals surface area contributed by atoms with Crippen molar-refractivity contribution in [3.05, 3.63) is 64.6 Å². The van der Waals surface area contributed by atoms with Gasteiger partial charge in [0.05, 0.1) is 16.9 Å². The summed E-state index contributed by atoms with van der Waals surface area (Å²) in [4.78, 5) is 19.2. The molecular formula is C22H24N4O. The molecule has 2 aromatic heterocycles. The highest BCUT2D eigenvalue weighted by Crippen LogP contribution is 2.42. The van der Waals surface area contributed by atoms with Gasteiger partial charge in [0.1, 0.15) is 0 Å². The number of fused-ring (bicyclic) bond motifs is 4. The summed E-state index contributed by atoms with van der Waals surface area (Å²) in [6.45, 7) is 2.00. The van der Waals surface area contributed by atoms with Gasteiger partial charge in [0.2, 0.25) is 0 Å². The molecule has 1 N–H and O–H groups in total.